The zero-order valence-corrected chi connectivity index (χ0v) is 20.9. The van der Waals surface area contributed by atoms with Crippen molar-refractivity contribution in [3.63, 3.8) is 0 Å². The molecule has 0 aliphatic carbocycles. The second-order valence-electron chi connectivity index (χ2n) is 6.95. The number of methoxy groups -OCH3 is 1. The van der Waals surface area contributed by atoms with Crippen molar-refractivity contribution in [1.29, 1.82) is 0 Å². The number of nitrogens with one attached hydrogen (secondary N) is 2. The first-order chi connectivity index (χ1) is 14.5. The third-order valence-electron chi connectivity index (χ3n) is 5.00. The molecule has 3 rings (SSSR count). The van der Waals surface area contributed by atoms with Gasteiger partial charge in [0.2, 0.25) is 0 Å². The van der Waals surface area contributed by atoms with Gasteiger partial charge in [-0.1, -0.05) is 24.3 Å². The van der Waals surface area contributed by atoms with Crippen molar-refractivity contribution in [2.45, 2.75) is 26.9 Å². The fourth-order valence-corrected chi connectivity index (χ4v) is 3.16. The summed E-state index contributed by atoms with van der Waals surface area (Å²) >= 11 is 0. The van der Waals surface area contributed by atoms with E-state index in [0.717, 1.165) is 28.7 Å². The zero-order valence-electron chi connectivity index (χ0n) is 18.6. The van der Waals surface area contributed by atoms with Crippen LogP contribution in [0.1, 0.15) is 22.5 Å². The molecule has 0 radical (unpaired) electrons. The van der Waals surface area contributed by atoms with E-state index in [4.69, 9.17) is 9.47 Å². The number of hydrogen-bond acceptors (Lipinski definition) is 4. The van der Waals surface area contributed by atoms with Gasteiger partial charge in [-0.25, -0.2) is 0 Å². The Morgan fingerprint density at radius 3 is 2.23 bits per heavy atom. The molecule has 0 spiro atoms. The van der Waals surface area contributed by atoms with Crippen LogP contribution in [0.3, 0.4) is 0 Å². The van der Waals surface area contributed by atoms with E-state index >= 15 is 0 Å². The third-order valence-corrected chi connectivity index (χ3v) is 5.00. The van der Waals surface area contributed by atoms with Crippen LogP contribution in [0.5, 0.6) is 17.2 Å². The molecule has 166 valence electrons. The minimum atomic E-state index is 0. The predicted octanol–water partition coefficient (Wildman–Crippen LogP) is 4.32. The van der Waals surface area contributed by atoms with Crippen molar-refractivity contribution >= 4 is 29.9 Å². The fraction of sp³-hybridized carbons (Fsp3) is 0.304. The number of aliphatic imine (C=N–C) groups is 1. The Labute approximate surface area is 200 Å². The van der Waals surface area contributed by atoms with Gasteiger partial charge in [-0.05, 0) is 43.7 Å². The van der Waals surface area contributed by atoms with Crippen molar-refractivity contribution in [3.05, 3.63) is 71.0 Å². The summed E-state index contributed by atoms with van der Waals surface area (Å²) in [5, 5.41) is 11.1. The molecule has 0 fully saturated rings. The summed E-state index contributed by atoms with van der Waals surface area (Å²) in [6, 6.07) is 15.5. The molecule has 0 atom stereocenters. The standard InChI is InChI=1S/C23H29N5O2.HI/c1-16-20(17(2)28(4)27-16)15-26-23(24-3)25-14-18-10-12-19(13-11-18)30-22-9-7-6-8-21(22)29-5;/h6-13H,14-15H2,1-5H3,(H2,24,25,26);1H. The molecule has 0 unspecified atom stereocenters. The molecule has 7 nitrogen and oxygen atoms in total. The molecule has 0 bridgehead atoms. The Kier molecular flexibility index (Phi) is 9.17. The van der Waals surface area contributed by atoms with Gasteiger partial charge in [-0.3, -0.25) is 9.67 Å². The molecule has 1 aromatic heterocycles. The van der Waals surface area contributed by atoms with Crippen LogP contribution >= 0.6 is 24.0 Å². The Hall–Kier alpha value is -2.75. The minimum absolute atomic E-state index is 0. The molecule has 0 saturated heterocycles. The summed E-state index contributed by atoms with van der Waals surface area (Å²) in [7, 11) is 5.36. The lowest BCUT2D eigenvalue weighted by Gasteiger charge is -2.13. The molecule has 0 amide bonds. The van der Waals surface area contributed by atoms with E-state index in [-0.39, 0.29) is 24.0 Å². The number of rotatable bonds is 7. The number of ether oxygens (including phenoxy) is 2. The van der Waals surface area contributed by atoms with Gasteiger partial charge in [0, 0.05) is 38.4 Å². The monoisotopic (exact) mass is 535 g/mol. The molecular formula is C23H30IN5O2. The van der Waals surface area contributed by atoms with Crippen molar-refractivity contribution < 1.29 is 9.47 Å². The molecule has 31 heavy (non-hydrogen) atoms. The maximum Gasteiger partial charge on any atom is 0.191 e. The summed E-state index contributed by atoms with van der Waals surface area (Å²) in [5.74, 6) is 2.90. The second-order valence-corrected chi connectivity index (χ2v) is 6.95. The molecular weight excluding hydrogens is 505 g/mol. The van der Waals surface area contributed by atoms with Crippen molar-refractivity contribution in [2.75, 3.05) is 14.2 Å². The average molecular weight is 535 g/mol. The average Bonchev–Trinajstić information content (AvgIpc) is 3.01. The van der Waals surface area contributed by atoms with Gasteiger partial charge in [0.15, 0.2) is 17.5 Å². The van der Waals surface area contributed by atoms with Crippen molar-refractivity contribution in [3.8, 4) is 17.2 Å². The normalized spacial score (nSPS) is 10.9. The minimum Gasteiger partial charge on any atom is -0.493 e. The Balaban J connectivity index is 0.00000341. The van der Waals surface area contributed by atoms with E-state index in [0.29, 0.717) is 24.6 Å². The lowest BCUT2D eigenvalue weighted by molar-refractivity contribution is 0.379. The quantitative estimate of drug-likeness (QED) is 0.268. The topological polar surface area (TPSA) is 72.7 Å². The number of guanidine groups is 1. The van der Waals surface area contributed by atoms with Crippen LogP contribution in [-0.2, 0) is 20.1 Å². The number of aryl methyl sites for hydroxylation is 2. The molecule has 1 heterocycles. The van der Waals surface area contributed by atoms with Crippen LogP contribution in [0.4, 0.5) is 0 Å². The number of para-hydroxylation sites is 2. The Morgan fingerprint density at radius 1 is 1.00 bits per heavy atom. The van der Waals surface area contributed by atoms with Crippen LogP contribution in [0.25, 0.3) is 0 Å². The molecule has 3 aromatic rings. The molecule has 2 aromatic carbocycles. The summed E-state index contributed by atoms with van der Waals surface area (Å²) in [4.78, 5) is 4.31. The van der Waals surface area contributed by atoms with E-state index in [9.17, 15) is 0 Å². The van der Waals surface area contributed by atoms with Crippen molar-refractivity contribution in [2.24, 2.45) is 12.0 Å². The third kappa shape index (κ3) is 6.36. The number of benzene rings is 2. The van der Waals surface area contributed by atoms with Gasteiger partial charge < -0.3 is 20.1 Å². The van der Waals surface area contributed by atoms with E-state index in [1.54, 1.807) is 14.2 Å². The van der Waals surface area contributed by atoms with Gasteiger partial charge in [0.05, 0.1) is 12.8 Å². The number of halogens is 1. The van der Waals surface area contributed by atoms with Gasteiger partial charge in [0.25, 0.3) is 0 Å². The Bertz CT molecular complexity index is 1020. The van der Waals surface area contributed by atoms with Crippen LogP contribution in [0.15, 0.2) is 53.5 Å². The highest BCUT2D eigenvalue weighted by Crippen LogP contribution is 2.30. The molecule has 8 heteroatoms. The van der Waals surface area contributed by atoms with Crippen molar-refractivity contribution in [1.82, 2.24) is 20.4 Å². The lowest BCUT2D eigenvalue weighted by atomic mass is 10.2. The predicted molar refractivity (Wildman–Crippen MR) is 135 cm³/mol. The SMILES string of the molecule is CN=C(NCc1ccc(Oc2ccccc2OC)cc1)NCc1c(C)nn(C)c1C.I. The van der Waals surface area contributed by atoms with Gasteiger partial charge >= 0.3 is 0 Å². The largest absolute Gasteiger partial charge is 0.493 e. The van der Waals surface area contributed by atoms with E-state index in [2.05, 4.69) is 27.6 Å². The maximum atomic E-state index is 5.92. The van der Waals surface area contributed by atoms with Crippen LogP contribution in [-0.4, -0.2) is 29.9 Å². The fourth-order valence-electron chi connectivity index (χ4n) is 3.16. The molecule has 0 aliphatic heterocycles. The Morgan fingerprint density at radius 2 is 1.65 bits per heavy atom. The van der Waals surface area contributed by atoms with Gasteiger partial charge in [-0.2, -0.15) is 5.10 Å². The zero-order chi connectivity index (χ0) is 21.5. The summed E-state index contributed by atoms with van der Waals surface area (Å²) in [6.07, 6.45) is 0. The van der Waals surface area contributed by atoms with E-state index in [1.807, 2.05) is 67.2 Å². The summed E-state index contributed by atoms with van der Waals surface area (Å²) in [5.41, 5.74) is 4.50. The highest BCUT2D eigenvalue weighted by atomic mass is 127. The van der Waals surface area contributed by atoms with Crippen LogP contribution in [0.2, 0.25) is 0 Å². The second kappa shape index (κ2) is 11.6. The summed E-state index contributed by atoms with van der Waals surface area (Å²) < 4.78 is 13.2. The van der Waals surface area contributed by atoms with Crippen LogP contribution in [0, 0.1) is 13.8 Å². The highest BCUT2D eigenvalue weighted by Gasteiger charge is 2.10. The number of aromatic nitrogens is 2. The first kappa shape index (κ1) is 24.5. The lowest BCUT2D eigenvalue weighted by Crippen LogP contribution is -2.36. The van der Waals surface area contributed by atoms with Gasteiger partial charge in [-0.15, -0.1) is 24.0 Å². The highest BCUT2D eigenvalue weighted by molar-refractivity contribution is 14.0. The first-order valence-corrected chi connectivity index (χ1v) is 9.85. The smallest absolute Gasteiger partial charge is 0.191 e. The molecule has 2 N–H and O–H groups in total. The molecule has 0 aliphatic rings. The van der Waals surface area contributed by atoms with E-state index in [1.165, 1.54) is 5.56 Å². The van der Waals surface area contributed by atoms with E-state index < -0.39 is 0 Å². The molecule has 0 saturated carbocycles. The van der Waals surface area contributed by atoms with Gasteiger partial charge in [0.1, 0.15) is 5.75 Å². The maximum absolute atomic E-state index is 5.92. The summed E-state index contributed by atoms with van der Waals surface area (Å²) in [6.45, 7) is 5.42. The van der Waals surface area contributed by atoms with Crippen LogP contribution < -0.4 is 20.1 Å². The number of hydrogen-bond donors (Lipinski definition) is 2. The first-order valence-electron chi connectivity index (χ1n) is 9.85. The number of nitrogens with zero attached hydrogens (tertiary/aromatic N) is 3.